The third kappa shape index (κ3) is 4.55. The van der Waals surface area contributed by atoms with E-state index in [-0.39, 0.29) is 0 Å². The molecule has 0 saturated carbocycles. The van der Waals surface area contributed by atoms with E-state index in [0.717, 1.165) is 49.7 Å². The summed E-state index contributed by atoms with van der Waals surface area (Å²) in [5, 5.41) is 0. The maximum absolute atomic E-state index is 5.79. The van der Waals surface area contributed by atoms with Crippen molar-refractivity contribution in [3.05, 3.63) is 23.8 Å². The quantitative estimate of drug-likeness (QED) is 0.546. The Kier molecular flexibility index (Phi) is 6.54. The van der Waals surface area contributed by atoms with Crippen molar-refractivity contribution in [3.63, 3.8) is 0 Å². The summed E-state index contributed by atoms with van der Waals surface area (Å²) in [5.41, 5.74) is 13.1. The molecule has 0 unspecified atom stereocenters. The summed E-state index contributed by atoms with van der Waals surface area (Å²) in [6.45, 7) is 8.79. The molecule has 4 nitrogen and oxygen atoms in total. The fourth-order valence-electron chi connectivity index (χ4n) is 1.87. The first-order valence-electron chi connectivity index (χ1n) is 6.64. The second-order valence-corrected chi connectivity index (χ2v) is 4.29. The zero-order valence-corrected chi connectivity index (χ0v) is 11.5. The minimum absolute atomic E-state index is 0.447. The van der Waals surface area contributed by atoms with Crippen LogP contribution in [-0.2, 0) is 6.54 Å². The second kappa shape index (κ2) is 7.95. The van der Waals surface area contributed by atoms with Gasteiger partial charge in [-0.25, -0.2) is 0 Å². The molecular weight excluding hydrogens is 226 g/mol. The van der Waals surface area contributed by atoms with Crippen molar-refractivity contribution in [2.75, 3.05) is 32.0 Å². The molecule has 0 aliphatic carbocycles. The van der Waals surface area contributed by atoms with E-state index in [1.54, 1.807) is 0 Å². The van der Waals surface area contributed by atoms with Crippen LogP contribution in [0.4, 0.5) is 5.69 Å². The van der Waals surface area contributed by atoms with Gasteiger partial charge in [0.1, 0.15) is 5.75 Å². The van der Waals surface area contributed by atoms with E-state index in [1.165, 1.54) is 0 Å². The molecular formula is C14H25N3O. The van der Waals surface area contributed by atoms with Gasteiger partial charge in [0.05, 0.1) is 6.61 Å². The van der Waals surface area contributed by atoms with Crippen LogP contribution < -0.4 is 16.2 Å². The summed E-state index contributed by atoms with van der Waals surface area (Å²) in [5.74, 6) is 0.851. The summed E-state index contributed by atoms with van der Waals surface area (Å²) >= 11 is 0. The van der Waals surface area contributed by atoms with Gasteiger partial charge in [-0.3, -0.25) is 0 Å². The fraction of sp³-hybridized carbons (Fsp3) is 0.571. The predicted molar refractivity (Wildman–Crippen MR) is 76.6 cm³/mol. The second-order valence-electron chi connectivity index (χ2n) is 4.29. The van der Waals surface area contributed by atoms with Crippen LogP contribution >= 0.6 is 0 Å². The number of rotatable bonds is 8. The summed E-state index contributed by atoms with van der Waals surface area (Å²) < 4.78 is 5.71. The Morgan fingerprint density at radius 2 is 1.94 bits per heavy atom. The smallest absolute Gasteiger partial charge is 0.119 e. The average molecular weight is 251 g/mol. The Hall–Kier alpha value is -1.26. The Morgan fingerprint density at radius 3 is 2.56 bits per heavy atom. The fourth-order valence-corrected chi connectivity index (χ4v) is 1.87. The summed E-state index contributed by atoms with van der Waals surface area (Å²) in [6.07, 6.45) is 1.03. The lowest BCUT2D eigenvalue weighted by molar-refractivity contribution is 0.249. The lowest BCUT2D eigenvalue weighted by Gasteiger charge is -2.17. The molecule has 0 aromatic heterocycles. The number of nitrogens with zero attached hydrogens (tertiary/aromatic N) is 1. The maximum Gasteiger partial charge on any atom is 0.119 e. The van der Waals surface area contributed by atoms with E-state index in [1.807, 2.05) is 18.2 Å². The first kappa shape index (κ1) is 14.8. The number of anilines is 1. The van der Waals surface area contributed by atoms with Crippen molar-refractivity contribution in [1.29, 1.82) is 0 Å². The van der Waals surface area contributed by atoms with Gasteiger partial charge in [-0.2, -0.15) is 0 Å². The van der Waals surface area contributed by atoms with Crippen molar-refractivity contribution >= 4 is 5.69 Å². The predicted octanol–water partition coefficient (Wildman–Crippen LogP) is 1.84. The molecule has 0 saturated heterocycles. The Balaban J connectivity index is 2.35. The molecule has 0 atom stereocenters. The molecule has 1 aromatic carbocycles. The Morgan fingerprint density at radius 1 is 1.22 bits per heavy atom. The average Bonchev–Trinajstić information content (AvgIpc) is 2.40. The molecule has 4 heteroatoms. The maximum atomic E-state index is 5.79. The van der Waals surface area contributed by atoms with E-state index >= 15 is 0 Å². The van der Waals surface area contributed by atoms with Gasteiger partial charge in [0.2, 0.25) is 0 Å². The van der Waals surface area contributed by atoms with Gasteiger partial charge in [0.25, 0.3) is 0 Å². The molecule has 0 heterocycles. The summed E-state index contributed by atoms with van der Waals surface area (Å²) in [4.78, 5) is 2.39. The van der Waals surface area contributed by atoms with Gasteiger partial charge in [-0.1, -0.05) is 13.8 Å². The van der Waals surface area contributed by atoms with Crippen LogP contribution in [0.1, 0.15) is 25.8 Å². The van der Waals surface area contributed by atoms with Crippen LogP contribution in [0, 0.1) is 0 Å². The van der Waals surface area contributed by atoms with Gasteiger partial charge in [0.15, 0.2) is 0 Å². The first-order valence-corrected chi connectivity index (χ1v) is 6.64. The van der Waals surface area contributed by atoms with E-state index in [2.05, 4.69) is 18.7 Å². The molecule has 0 amide bonds. The van der Waals surface area contributed by atoms with Crippen LogP contribution in [0.5, 0.6) is 5.75 Å². The molecule has 0 bridgehead atoms. The SMILES string of the molecule is CCN(CC)CCCOc1ccc(N)c(CN)c1. The van der Waals surface area contributed by atoms with Crippen LogP contribution in [0.15, 0.2) is 18.2 Å². The minimum Gasteiger partial charge on any atom is -0.494 e. The lowest BCUT2D eigenvalue weighted by atomic mass is 10.2. The van der Waals surface area contributed by atoms with Crippen molar-refractivity contribution in [2.45, 2.75) is 26.8 Å². The molecule has 1 rings (SSSR count). The molecule has 0 fully saturated rings. The largest absolute Gasteiger partial charge is 0.494 e. The highest BCUT2D eigenvalue weighted by Gasteiger charge is 2.02. The van der Waals surface area contributed by atoms with Crippen molar-refractivity contribution in [2.24, 2.45) is 5.73 Å². The van der Waals surface area contributed by atoms with E-state index in [9.17, 15) is 0 Å². The Labute approximate surface area is 110 Å². The highest BCUT2D eigenvalue weighted by Crippen LogP contribution is 2.19. The topological polar surface area (TPSA) is 64.5 Å². The number of ether oxygens (including phenoxy) is 1. The number of nitrogens with two attached hydrogens (primary N) is 2. The molecule has 0 aliphatic rings. The van der Waals surface area contributed by atoms with Crippen molar-refractivity contribution in [3.8, 4) is 5.75 Å². The number of nitrogen functional groups attached to an aromatic ring is 1. The molecule has 4 N–H and O–H groups in total. The Bertz CT molecular complexity index is 351. The summed E-state index contributed by atoms with van der Waals surface area (Å²) in [6, 6.07) is 5.67. The number of hydrogen-bond acceptors (Lipinski definition) is 4. The highest BCUT2D eigenvalue weighted by molar-refractivity contribution is 5.50. The van der Waals surface area contributed by atoms with Crippen molar-refractivity contribution in [1.82, 2.24) is 4.90 Å². The van der Waals surface area contributed by atoms with Gasteiger partial charge in [-0.05, 0) is 43.3 Å². The summed E-state index contributed by atoms with van der Waals surface area (Å²) in [7, 11) is 0. The van der Waals surface area contributed by atoms with Crippen LogP contribution in [0.3, 0.4) is 0 Å². The molecule has 0 spiro atoms. The molecule has 1 aromatic rings. The van der Waals surface area contributed by atoms with Gasteiger partial charge >= 0.3 is 0 Å². The first-order chi connectivity index (χ1) is 8.71. The van der Waals surface area contributed by atoms with Crippen LogP contribution in [-0.4, -0.2) is 31.1 Å². The van der Waals surface area contributed by atoms with Crippen LogP contribution in [0.25, 0.3) is 0 Å². The monoisotopic (exact) mass is 251 g/mol. The van der Waals surface area contributed by atoms with Crippen molar-refractivity contribution < 1.29 is 4.74 Å². The van der Waals surface area contributed by atoms with E-state index in [4.69, 9.17) is 16.2 Å². The standard InChI is InChI=1S/C14H25N3O/c1-3-17(4-2)8-5-9-18-13-6-7-14(16)12(10-13)11-15/h6-7,10H,3-5,8-9,11,15-16H2,1-2H3. The highest BCUT2D eigenvalue weighted by atomic mass is 16.5. The molecule has 102 valence electrons. The lowest BCUT2D eigenvalue weighted by Crippen LogP contribution is -2.25. The molecule has 18 heavy (non-hydrogen) atoms. The molecule has 0 aliphatic heterocycles. The van der Waals surface area contributed by atoms with Gasteiger partial charge < -0.3 is 21.1 Å². The van der Waals surface area contributed by atoms with Crippen LogP contribution in [0.2, 0.25) is 0 Å². The minimum atomic E-state index is 0.447. The number of hydrogen-bond donors (Lipinski definition) is 2. The third-order valence-electron chi connectivity index (χ3n) is 3.12. The third-order valence-corrected chi connectivity index (χ3v) is 3.12. The van der Waals surface area contributed by atoms with Gasteiger partial charge in [-0.15, -0.1) is 0 Å². The van der Waals surface area contributed by atoms with E-state index < -0.39 is 0 Å². The van der Waals surface area contributed by atoms with Gasteiger partial charge in [0, 0.05) is 18.8 Å². The normalized spacial score (nSPS) is 10.9. The zero-order valence-electron chi connectivity index (χ0n) is 11.5. The molecule has 0 radical (unpaired) electrons. The number of benzene rings is 1. The van der Waals surface area contributed by atoms with E-state index in [0.29, 0.717) is 6.54 Å². The zero-order chi connectivity index (χ0) is 13.4.